The number of halogens is 1. The van der Waals surface area contributed by atoms with Gasteiger partial charge in [0.05, 0.1) is 12.8 Å². The number of anilines is 1. The molecule has 1 unspecified atom stereocenters. The SMILES string of the molecule is COc1cccc(CN2C(=O)N(c3ccc(Br)cc3)NC2CN(C)C)c1. The van der Waals surface area contributed by atoms with Crippen LogP contribution in [0.2, 0.25) is 0 Å². The summed E-state index contributed by atoms with van der Waals surface area (Å²) in [5.41, 5.74) is 5.17. The Morgan fingerprint density at radius 3 is 2.58 bits per heavy atom. The second-order valence-electron chi connectivity index (χ2n) is 6.48. The minimum absolute atomic E-state index is 0.0676. The molecule has 0 spiro atoms. The number of likely N-dealkylation sites (N-methyl/N-ethyl adjacent to an activating group) is 1. The maximum atomic E-state index is 13.1. The number of ether oxygens (including phenoxy) is 1. The highest BCUT2D eigenvalue weighted by atomic mass is 79.9. The van der Waals surface area contributed by atoms with E-state index in [9.17, 15) is 4.79 Å². The number of benzene rings is 2. The van der Waals surface area contributed by atoms with Crippen LogP contribution >= 0.6 is 15.9 Å². The summed E-state index contributed by atoms with van der Waals surface area (Å²) in [4.78, 5) is 17.0. The fourth-order valence-corrected chi connectivity index (χ4v) is 3.21. The highest BCUT2D eigenvalue weighted by Crippen LogP contribution is 2.25. The van der Waals surface area contributed by atoms with E-state index in [1.807, 2.05) is 67.5 Å². The van der Waals surface area contributed by atoms with Crippen LogP contribution in [0.4, 0.5) is 10.5 Å². The Morgan fingerprint density at radius 2 is 1.92 bits per heavy atom. The van der Waals surface area contributed by atoms with Gasteiger partial charge in [0, 0.05) is 17.6 Å². The van der Waals surface area contributed by atoms with Crippen LogP contribution in [-0.4, -0.2) is 49.7 Å². The van der Waals surface area contributed by atoms with Gasteiger partial charge in [0.2, 0.25) is 0 Å². The van der Waals surface area contributed by atoms with E-state index in [4.69, 9.17) is 4.74 Å². The maximum Gasteiger partial charge on any atom is 0.340 e. The van der Waals surface area contributed by atoms with Crippen LogP contribution in [-0.2, 0) is 6.54 Å². The van der Waals surface area contributed by atoms with Crippen LogP contribution in [0.3, 0.4) is 0 Å². The normalized spacial score (nSPS) is 17.3. The number of rotatable bonds is 6. The van der Waals surface area contributed by atoms with Gasteiger partial charge in [-0.15, -0.1) is 0 Å². The van der Waals surface area contributed by atoms with Crippen molar-refractivity contribution in [1.82, 2.24) is 15.2 Å². The molecule has 7 heteroatoms. The van der Waals surface area contributed by atoms with E-state index in [1.165, 1.54) is 0 Å². The zero-order valence-corrected chi connectivity index (χ0v) is 16.7. The standard InChI is InChI=1S/C19H23BrN4O2/c1-22(2)13-18-21-24(16-9-7-15(20)8-10-16)19(25)23(18)12-14-5-4-6-17(11-14)26-3/h4-11,18,21H,12-13H2,1-3H3. The lowest BCUT2D eigenvalue weighted by Crippen LogP contribution is -2.44. The van der Waals surface area contributed by atoms with Crippen LogP contribution in [0, 0.1) is 0 Å². The van der Waals surface area contributed by atoms with E-state index in [-0.39, 0.29) is 12.2 Å². The number of hydrogen-bond acceptors (Lipinski definition) is 4. The topological polar surface area (TPSA) is 48.1 Å². The molecule has 1 heterocycles. The number of urea groups is 1. The number of hydrazine groups is 1. The first-order valence-corrected chi connectivity index (χ1v) is 9.17. The molecule has 1 atom stereocenters. The lowest BCUT2D eigenvalue weighted by molar-refractivity contribution is 0.181. The predicted octanol–water partition coefficient (Wildman–Crippen LogP) is 3.29. The molecule has 6 nitrogen and oxygen atoms in total. The third-order valence-corrected chi connectivity index (χ3v) is 4.73. The first kappa shape index (κ1) is 18.7. The van der Waals surface area contributed by atoms with Gasteiger partial charge in [0.1, 0.15) is 11.9 Å². The second kappa shape index (κ2) is 8.07. The van der Waals surface area contributed by atoms with Crippen molar-refractivity contribution >= 4 is 27.6 Å². The molecule has 0 radical (unpaired) electrons. The summed E-state index contributed by atoms with van der Waals surface area (Å²) in [6.07, 6.45) is -0.118. The van der Waals surface area contributed by atoms with E-state index in [0.29, 0.717) is 13.1 Å². The van der Waals surface area contributed by atoms with Crippen molar-refractivity contribution in [3.8, 4) is 5.75 Å². The lowest BCUT2D eigenvalue weighted by atomic mass is 10.2. The Balaban J connectivity index is 1.84. The van der Waals surface area contributed by atoms with Crippen LogP contribution in [0.25, 0.3) is 0 Å². The van der Waals surface area contributed by atoms with Crippen molar-refractivity contribution in [3.05, 3.63) is 58.6 Å². The van der Waals surface area contributed by atoms with Gasteiger partial charge in [-0.3, -0.25) is 0 Å². The molecule has 1 fully saturated rings. The molecule has 0 saturated carbocycles. The minimum atomic E-state index is -0.118. The van der Waals surface area contributed by atoms with E-state index in [1.54, 1.807) is 12.1 Å². The monoisotopic (exact) mass is 418 g/mol. The van der Waals surface area contributed by atoms with Crippen molar-refractivity contribution in [1.29, 1.82) is 0 Å². The summed E-state index contributed by atoms with van der Waals surface area (Å²) in [5, 5.41) is 1.61. The molecule has 0 aromatic heterocycles. The number of nitrogens with zero attached hydrogens (tertiary/aromatic N) is 3. The van der Waals surface area contributed by atoms with Gasteiger partial charge in [0.15, 0.2) is 0 Å². The highest BCUT2D eigenvalue weighted by molar-refractivity contribution is 9.10. The molecule has 2 aromatic carbocycles. The Kier molecular flexibility index (Phi) is 5.80. The number of amides is 2. The third-order valence-electron chi connectivity index (χ3n) is 4.20. The van der Waals surface area contributed by atoms with E-state index in [0.717, 1.165) is 21.5 Å². The molecule has 3 rings (SSSR count). The van der Waals surface area contributed by atoms with Gasteiger partial charge in [0.25, 0.3) is 0 Å². The largest absolute Gasteiger partial charge is 0.497 e. The molecule has 2 aromatic rings. The Bertz CT molecular complexity index is 766. The van der Waals surface area contributed by atoms with E-state index < -0.39 is 0 Å². The average Bonchev–Trinajstić information content (AvgIpc) is 2.91. The number of nitrogens with one attached hydrogen (secondary N) is 1. The van der Waals surface area contributed by atoms with Gasteiger partial charge in [-0.1, -0.05) is 28.1 Å². The van der Waals surface area contributed by atoms with Crippen molar-refractivity contribution < 1.29 is 9.53 Å². The minimum Gasteiger partial charge on any atom is -0.497 e. The average molecular weight is 419 g/mol. The van der Waals surface area contributed by atoms with E-state index in [2.05, 4.69) is 26.3 Å². The van der Waals surface area contributed by atoms with Crippen LogP contribution < -0.4 is 15.2 Å². The zero-order valence-electron chi connectivity index (χ0n) is 15.1. The Morgan fingerprint density at radius 1 is 1.19 bits per heavy atom. The quantitative estimate of drug-likeness (QED) is 0.781. The van der Waals surface area contributed by atoms with Gasteiger partial charge in [-0.25, -0.2) is 15.2 Å². The summed E-state index contributed by atoms with van der Waals surface area (Å²) in [6, 6.07) is 15.4. The molecule has 138 valence electrons. The summed E-state index contributed by atoms with van der Waals surface area (Å²) in [7, 11) is 5.64. The number of hydrogen-bond donors (Lipinski definition) is 1. The van der Waals surface area contributed by atoms with Gasteiger partial charge in [-0.2, -0.15) is 0 Å². The van der Waals surface area contributed by atoms with Crippen molar-refractivity contribution in [3.63, 3.8) is 0 Å². The van der Waals surface area contributed by atoms with Crippen molar-refractivity contribution in [2.45, 2.75) is 12.7 Å². The summed E-state index contributed by atoms with van der Waals surface area (Å²) in [5.74, 6) is 0.788. The fraction of sp³-hybridized carbons (Fsp3) is 0.316. The van der Waals surface area contributed by atoms with E-state index >= 15 is 0 Å². The number of methoxy groups -OCH3 is 1. The summed E-state index contributed by atoms with van der Waals surface area (Å²) < 4.78 is 6.27. The molecule has 0 aliphatic carbocycles. The highest BCUT2D eigenvalue weighted by Gasteiger charge is 2.37. The van der Waals surface area contributed by atoms with Crippen molar-refractivity contribution in [2.24, 2.45) is 0 Å². The number of carbonyl (C=O) groups excluding carboxylic acids is 1. The Labute approximate surface area is 162 Å². The zero-order chi connectivity index (χ0) is 18.7. The summed E-state index contributed by atoms with van der Waals surface area (Å²) in [6.45, 7) is 1.22. The molecule has 0 bridgehead atoms. The molecule has 1 N–H and O–H groups in total. The van der Waals surface area contributed by atoms with Crippen LogP contribution in [0.5, 0.6) is 5.75 Å². The smallest absolute Gasteiger partial charge is 0.340 e. The molecular formula is C19H23BrN4O2. The molecule has 1 saturated heterocycles. The van der Waals surface area contributed by atoms with Gasteiger partial charge >= 0.3 is 6.03 Å². The summed E-state index contributed by atoms with van der Waals surface area (Å²) >= 11 is 3.43. The first-order valence-electron chi connectivity index (χ1n) is 8.38. The Hall–Kier alpha value is -2.09. The van der Waals surface area contributed by atoms with Crippen LogP contribution in [0.15, 0.2) is 53.0 Å². The number of carbonyl (C=O) groups is 1. The first-order chi connectivity index (χ1) is 12.5. The van der Waals surface area contributed by atoms with Crippen LogP contribution in [0.1, 0.15) is 5.56 Å². The van der Waals surface area contributed by atoms with Crippen molar-refractivity contribution in [2.75, 3.05) is 32.8 Å². The fourth-order valence-electron chi connectivity index (χ4n) is 2.94. The third kappa shape index (κ3) is 4.17. The molecular weight excluding hydrogens is 396 g/mol. The molecule has 1 aliphatic heterocycles. The molecule has 1 aliphatic rings. The predicted molar refractivity (Wildman–Crippen MR) is 106 cm³/mol. The van der Waals surface area contributed by atoms with Gasteiger partial charge < -0.3 is 14.5 Å². The maximum absolute atomic E-state index is 13.1. The van der Waals surface area contributed by atoms with Gasteiger partial charge in [-0.05, 0) is 56.1 Å². The second-order valence-corrected chi connectivity index (χ2v) is 7.40. The molecule has 2 amide bonds. The molecule has 26 heavy (non-hydrogen) atoms. The lowest BCUT2D eigenvalue weighted by Gasteiger charge is -2.25.